The van der Waals surface area contributed by atoms with Gasteiger partial charge in [0.15, 0.2) is 5.82 Å². The van der Waals surface area contributed by atoms with Crippen LogP contribution in [0.15, 0.2) is 48.5 Å². The standard InChI is InChI=1S/C27H36N2O3/c1-2-3-4-5-6-7-8-9-10-13-22-20-28-26(29-21-22)23-16-18-25(19-17-23)32-27(30)31-24-14-11-12-15-24/h14,16-21H,2-13,15H2,1H3. The van der Waals surface area contributed by atoms with Gasteiger partial charge >= 0.3 is 6.16 Å². The van der Waals surface area contributed by atoms with E-state index in [0.717, 1.165) is 31.2 Å². The van der Waals surface area contributed by atoms with Crippen molar-refractivity contribution in [2.24, 2.45) is 0 Å². The summed E-state index contributed by atoms with van der Waals surface area (Å²) in [6.07, 6.45) is 20.9. The van der Waals surface area contributed by atoms with Crippen LogP contribution in [-0.2, 0) is 11.2 Å². The van der Waals surface area contributed by atoms with Gasteiger partial charge in [-0.15, -0.1) is 0 Å². The summed E-state index contributed by atoms with van der Waals surface area (Å²) in [6, 6.07) is 7.18. The summed E-state index contributed by atoms with van der Waals surface area (Å²) in [5.41, 5.74) is 2.07. The molecule has 0 spiro atoms. The maximum absolute atomic E-state index is 11.8. The Labute approximate surface area is 192 Å². The lowest BCUT2D eigenvalue weighted by Gasteiger charge is -2.07. The first kappa shape index (κ1) is 24.0. The summed E-state index contributed by atoms with van der Waals surface area (Å²) < 4.78 is 10.4. The van der Waals surface area contributed by atoms with Crippen LogP contribution < -0.4 is 4.74 Å². The highest BCUT2D eigenvalue weighted by Gasteiger charge is 2.13. The molecule has 0 fully saturated rings. The molecule has 1 aromatic heterocycles. The number of aryl methyl sites for hydroxylation is 1. The Kier molecular flexibility index (Phi) is 10.2. The maximum Gasteiger partial charge on any atom is 0.519 e. The van der Waals surface area contributed by atoms with Crippen molar-refractivity contribution in [3.05, 3.63) is 54.1 Å². The molecular weight excluding hydrogens is 400 g/mol. The van der Waals surface area contributed by atoms with Crippen molar-refractivity contribution in [3.8, 4) is 17.1 Å². The Morgan fingerprint density at radius 3 is 2.16 bits per heavy atom. The molecule has 5 heteroatoms. The third-order valence-corrected chi connectivity index (χ3v) is 5.80. The maximum atomic E-state index is 11.8. The normalized spacial score (nSPS) is 13.1. The smallest absolute Gasteiger partial charge is 0.400 e. The second kappa shape index (κ2) is 13.7. The number of benzene rings is 1. The van der Waals surface area contributed by atoms with Crippen LogP contribution in [-0.4, -0.2) is 16.1 Å². The number of allylic oxidation sites excluding steroid dienone is 2. The highest BCUT2D eigenvalue weighted by molar-refractivity contribution is 5.66. The molecule has 0 unspecified atom stereocenters. The van der Waals surface area contributed by atoms with Gasteiger partial charge in [0.2, 0.25) is 0 Å². The van der Waals surface area contributed by atoms with Crippen LogP contribution in [0.25, 0.3) is 11.4 Å². The Bertz CT molecular complexity index is 844. The number of rotatable bonds is 13. The predicted molar refractivity (Wildman–Crippen MR) is 127 cm³/mol. The van der Waals surface area contributed by atoms with E-state index >= 15 is 0 Å². The molecule has 0 saturated heterocycles. The van der Waals surface area contributed by atoms with Crippen molar-refractivity contribution in [2.45, 2.75) is 90.4 Å². The van der Waals surface area contributed by atoms with Crippen LogP contribution in [0.3, 0.4) is 0 Å². The first-order valence-corrected chi connectivity index (χ1v) is 12.2. The van der Waals surface area contributed by atoms with Crippen LogP contribution in [0.5, 0.6) is 5.75 Å². The lowest BCUT2D eigenvalue weighted by atomic mass is 10.1. The minimum Gasteiger partial charge on any atom is -0.400 e. The van der Waals surface area contributed by atoms with Crippen molar-refractivity contribution < 1.29 is 14.3 Å². The number of hydrogen-bond acceptors (Lipinski definition) is 5. The third-order valence-electron chi connectivity index (χ3n) is 5.80. The zero-order valence-corrected chi connectivity index (χ0v) is 19.4. The molecular formula is C27H36N2O3. The molecule has 5 nitrogen and oxygen atoms in total. The highest BCUT2D eigenvalue weighted by atomic mass is 16.7. The fraction of sp³-hybridized carbons (Fsp3) is 0.519. The Morgan fingerprint density at radius 2 is 1.53 bits per heavy atom. The first-order chi connectivity index (χ1) is 15.7. The molecule has 0 N–H and O–H groups in total. The molecule has 1 heterocycles. The summed E-state index contributed by atoms with van der Waals surface area (Å²) in [5, 5.41) is 0. The largest absolute Gasteiger partial charge is 0.519 e. The molecule has 0 amide bonds. The number of ether oxygens (including phenoxy) is 2. The second-order valence-electron chi connectivity index (χ2n) is 8.53. The molecule has 1 aliphatic rings. The minimum atomic E-state index is -0.692. The monoisotopic (exact) mass is 436 g/mol. The molecule has 1 aromatic carbocycles. The van der Waals surface area contributed by atoms with Gasteiger partial charge in [0.1, 0.15) is 11.5 Å². The van der Waals surface area contributed by atoms with Crippen molar-refractivity contribution in [2.75, 3.05) is 0 Å². The molecule has 0 atom stereocenters. The van der Waals surface area contributed by atoms with Crippen molar-refractivity contribution in [3.63, 3.8) is 0 Å². The van der Waals surface area contributed by atoms with Crippen LogP contribution >= 0.6 is 0 Å². The van der Waals surface area contributed by atoms with Gasteiger partial charge < -0.3 is 9.47 Å². The van der Waals surface area contributed by atoms with E-state index < -0.39 is 6.16 Å². The zero-order valence-electron chi connectivity index (χ0n) is 19.4. The SMILES string of the molecule is CCCCCCCCCCCc1cnc(-c2ccc(OC(=O)OC3=CCCC3)cc2)nc1. The third kappa shape index (κ3) is 8.45. The average molecular weight is 437 g/mol. The lowest BCUT2D eigenvalue weighted by Crippen LogP contribution is -2.09. The number of unbranched alkanes of at least 4 members (excludes halogenated alkanes) is 8. The molecule has 0 aliphatic heterocycles. The molecule has 0 saturated carbocycles. The van der Waals surface area contributed by atoms with Gasteiger partial charge in [0.05, 0.1) is 0 Å². The molecule has 3 rings (SSSR count). The molecule has 1 aliphatic carbocycles. The van der Waals surface area contributed by atoms with Gasteiger partial charge in [0, 0.05) is 24.4 Å². The average Bonchev–Trinajstić information content (AvgIpc) is 3.32. The second-order valence-corrected chi connectivity index (χ2v) is 8.53. The number of nitrogens with zero attached hydrogens (tertiary/aromatic N) is 2. The van der Waals surface area contributed by atoms with E-state index in [0.29, 0.717) is 17.3 Å². The number of carbonyl (C=O) groups is 1. The van der Waals surface area contributed by atoms with E-state index in [1.165, 1.54) is 63.4 Å². The van der Waals surface area contributed by atoms with Gasteiger partial charge in [-0.25, -0.2) is 14.8 Å². The zero-order chi connectivity index (χ0) is 22.4. The molecule has 172 valence electrons. The van der Waals surface area contributed by atoms with Crippen LogP contribution in [0, 0.1) is 0 Å². The Hall–Kier alpha value is -2.69. The van der Waals surface area contributed by atoms with E-state index in [4.69, 9.17) is 9.47 Å². The molecule has 2 aromatic rings. The molecule has 32 heavy (non-hydrogen) atoms. The van der Waals surface area contributed by atoms with E-state index in [-0.39, 0.29) is 0 Å². The summed E-state index contributed by atoms with van der Waals surface area (Å²) in [4.78, 5) is 20.9. The predicted octanol–water partition coefficient (Wildman–Crippen LogP) is 7.80. The summed E-state index contributed by atoms with van der Waals surface area (Å²) in [5.74, 6) is 1.81. The van der Waals surface area contributed by atoms with E-state index in [9.17, 15) is 4.79 Å². The minimum absolute atomic E-state index is 0.444. The van der Waals surface area contributed by atoms with Crippen molar-refractivity contribution in [1.29, 1.82) is 0 Å². The fourth-order valence-corrected chi connectivity index (χ4v) is 3.90. The van der Waals surface area contributed by atoms with E-state index in [1.54, 1.807) is 12.1 Å². The van der Waals surface area contributed by atoms with E-state index in [2.05, 4.69) is 16.9 Å². The Balaban J connectivity index is 1.36. The van der Waals surface area contributed by atoms with Gasteiger partial charge in [0.25, 0.3) is 0 Å². The topological polar surface area (TPSA) is 61.3 Å². The van der Waals surface area contributed by atoms with Crippen LogP contribution in [0.1, 0.15) is 89.5 Å². The lowest BCUT2D eigenvalue weighted by molar-refractivity contribution is 0.124. The van der Waals surface area contributed by atoms with Gasteiger partial charge in [-0.2, -0.15) is 0 Å². The summed E-state index contributed by atoms with van der Waals surface area (Å²) in [6.45, 7) is 2.26. The number of carbonyl (C=O) groups excluding carboxylic acids is 1. The highest BCUT2D eigenvalue weighted by Crippen LogP contribution is 2.22. The Morgan fingerprint density at radius 1 is 0.875 bits per heavy atom. The molecule has 0 radical (unpaired) electrons. The van der Waals surface area contributed by atoms with E-state index in [1.807, 2.05) is 30.6 Å². The van der Waals surface area contributed by atoms with Crippen LogP contribution in [0.4, 0.5) is 4.79 Å². The first-order valence-electron chi connectivity index (χ1n) is 12.2. The molecule has 0 bridgehead atoms. The van der Waals surface area contributed by atoms with Gasteiger partial charge in [-0.1, -0.05) is 58.3 Å². The van der Waals surface area contributed by atoms with Crippen molar-refractivity contribution >= 4 is 6.16 Å². The summed E-state index contributed by atoms with van der Waals surface area (Å²) >= 11 is 0. The van der Waals surface area contributed by atoms with Crippen molar-refractivity contribution in [1.82, 2.24) is 9.97 Å². The number of aromatic nitrogens is 2. The number of hydrogen-bond donors (Lipinski definition) is 0. The van der Waals surface area contributed by atoms with Crippen LogP contribution in [0.2, 0.25) is 0 Å². The van der Waals surface area contributed by atoms with Gasteiger partial charge in [-0.05, 0) is 61.6 Å². The fourth-order valence-electron chi connectivity index (χ4n) is 3.90. The van der Waals surface area contributed by atoms with Gasteiger partial charge in [-0.3, -0.25) is 0 Å². The quantitative estimate of drug-likeness (QED) is 0.182. The summed E-state index contributed by atoms with van der Waals surface area (Å²) in [7, 11) is 0.